The average Bonchev–Trinajstić information content (AvgIpc) is 3.87. The molecule has 0 unspecified atom stereocenters. The minimum Gasteiger partial charge on any atom is -0.309 e. The number of hydrogen-bond donors (Lipinski definition) is 0. The van der Waals surface area contributed by atoms with Crippen molar-refractivity contribution in [2.45, 2.75) is 43.9 Å². The number of hydrogen-bond acceptors (Lipinski definition) is 1. The third-order valence-electron chi connectivity index (χ3n) is 13.9. The van der Waals surface area contributed by atoms with Gasteiger partial charge < -0.3 is 4.90 Å². The highest BCUT2D eigenvalue weighted by Gasteiger charge is 2.52. The Morgan fingerprint density at radius 3 is 1.27 bits per heavy atom. The zero-order valence-corrected chi connectivity index (χ0v) is 32.2. The van der Waals surface area contributed by atoms with Gasteiger partial charge in [-0.3, -0.25) is 0 Å². The lowest BCUT2D eigenvalue weighted by Crippen LogP contribution is -2.26. The van der Waals surface area contributed by atoms with Crippen LogP contribution >= 0.6 is 0 Å². The quantitative estimate of drug-likeness (QED) is 0.176. The summed E-state index contributed by atoms with van der Waals surface area (Å²) in [5.41, 5.74) is 24.5. The second-order valence-corrected chi connectivity index (χ2v) is 17.2. The lowest BCUT2D eigenvalue weighted by Gasteiger charge is -2.33. The molecule has 4 aliphatic rings. The van der Waals surface area contributed by atoms with Crippen molar-refractivity contribution in [1.82, 2.24) is 0 Å². The summed E-state index contributed by atoms with van der Waals surface area (Å²) in [6.07, 6.45) is 0. The Balaban J connectivity index is 1.19. The van der Waals surface area contributed by atoms with Gasteiger partial charge in [0, 0.05) is 27.6 Å². The molecule has 4 aliphatic carbocycles. The summed E-state index contributed by atoms with van der Waals surface area (Å²) in [5, 5.41) is 0. The van der Waals surface area contributed by atoms with Gasteiger partial charge in [0.15, 0.2) is 0 Å². The molecule has 0 saturated heterocycles. The van der Waals surface area contributed by atoms with E-state index < -0.39 is 5.41 Å². The molecule has 0 bridgehead atoms. The van der Waals surface area contributed by atoms with Crippen LogP contribution in [0.4, 0.5) is 17.1 Å². The van der Waals surface area contributed by atoms with Gasteiger partial charge in [-0.1, -0.05) is 179 Å². The molecule has 0 aromatic heterocycles. The smallest absolute Gasteiger partial charge is 0.0726 e. The van der Waals surface area contributed by atoms with Crippen LogP contribution in [-0.2, 0) is 16.2 Å². The van der Waals surface area contributed by atoms with Crippen LogP contribution < -0.4 is 4.90 Å². The molecule has 8 aromatic rings. The molecule has 1 nitrogen and oxygen atoms in total. The maximum Gasteiger partial charge on any atom is 0.0726 e. The highest BCUT2D eigenvalue weighted by atomic mass is 15.1. The van der Waals surface area contributed by atoms with E-state index in [1.54, 1.807) is 0 Å². The highest BCUT2D eigenvalue weighted by Crippen LogP contribution is 2.65. The number of benzene rings is 8. The van der Waals surface area contributed by atoms with E-state index in [0.717, 1.165) is 0 Å². The average molecular weight is 716 g/mol. The van der Waals surface area contributed by atoms with Crippen molar-refractivity contribution in [3.8, 4) is 44.5 Å². The lowest BCUT2D eigenvalue weighted by molar-refractivity contribution is 0.660. The number of fused-ring (bicyclic) bond motifs is 16. The zero-order chi connectivity index (χ0) is 37.6. The van der Waals surface area contributed by atoms with E-state index >= 15 is 0 Å². The molecule has 56 heavy (non-hydrogen) atoms. The van der Waals surface area contributed by atoms with Gasteiger partial charge in [0.05, 0.1) is 16.8 Å². The summed E-state index contributed by atoms with van der Waals surface area (Å²) in [6.45, 7) is 9.55. The van der Waals surface area contributed by atoms with Gasteiger partial charge in [-0.15, -0.1) is 0 Å². The van der Waals surface area contributed by atoms with Crippen molar-refractivity contribution in [3.05, 3.63) is 220 Å². The van der Waals surface area contributed by atoms with Crippen molar-refractivity contribution in [1.29, 1.82) is 0 Å². The summed E-state index contributed by atoms with van der Waals surface area (Å²) in [6, 6.07) is 66.8. The third kappa shape index (κ3) is 3.76. The second-order valence-electron chi connectivity index (χ2n) is 17.2. The molecular formula is C55H41N. The Hall–Kier alpha value is -6.44. The van der Waals surface area contributed by atoms with E-state index in [1.165, 1.54) is 106 Å². The molecule has 0 amide bonds. The zero-order valence-electron chi connectivity index (χ0n) is 32.2. The van der Waals surface area contributed by atoms with E-state index in [2.05, 4.69) is 209 Å². The van der Waals surface area contributed by atoms with Gasteiger partial charge in [-0.25, -0.2) is 0 Å². The standard InChI is InChI=1S/C55H41N/c1-53(2)42-23-11-8-20-39(42)51-46(53)27-15-29-49(51)56(34-31-32-38-35-17-5-10-22-41(35)54(3,4)48(38)33-34)50-30-16-28-47-52(50)40-21-9-14-26-45(40)55(47)43-24-12-6-18-36(43)37-19-7-13-25-44(37)55/h5-33H,1-4H3. The Morgan fingerprint density at radius 2 is 0.679 bits per heavy atom. The number of rotatable bonds is 3. The molecule has 1 spiro atoms. The van der Waals surface area contributed by atoms with Crippen LogP contribution in [0.2, 0.25) is 0 Å². The second kappa shape index (κ2) is 10.9. The molecule has 8 aromatic carbocycles. The molecule has 0 aliphatic heterocycles. The predicted molar refractivity (Wildman–Crippen MR) is 233 cm³/mol. The van der Waals surface area contributed by atoms with E-state index in [4.69, 9.17) is 0 Å². The van der Waals surface area contributed by atoms with Crippen molar-refractivity contribution in [2.24, 2.45) is 0 Å². The van der Waals surface area contributed by atoms with Crippen LogP contribution in [0.1, 0.15) is 72.2 Å². The van der Waals surface area contributed by atoms with E-state index in [-0.39, 0.29) is 10.8 Å². The van der Waals surface area contributed by atoms with Crippen molar-refractivity contribution < 1.29 is 0 Å². The first-order chi connectivity index (χ1) is 27.3. The molecule has 0 atom stereocenters. The summed E-state index contributed by atoms with van der Waals surface area (Å²) in [7, 11) is 0. The van der Waals surface area contributed by atoms with Crippen molar-refractivity contribution >= 4 is 17.1 Å². The normalized spacial score (nSPS) is 15.9. The molecule has 0 saturated carbocycles. The van der Waals surface area contributed by atoms with Gasteiger partial charge in [-0.2, -0.15) is 0 Å². The fourth-order valence-electron chi connectivity index (χ4n) is 11.5. The topological polar surface area (TPSA) is 3.24 Å². The van der Waals surface area contributed by atoms with Gasteiger partial charge in [0.25, 0.3) is 0 Å². The first kappa shape index (κ1) is 31.9. The van der Waals surface area contributed by atoms with Crippen LogP contribution in [0.3, 0.4) is 0 Å². The molecule has 0 N–H and O–H groups in total. The molecule has 0 fully saturated rings. The molecule has 0 heterocycles. The number of anilines is 3. The monoisotopic (exact) mass is 715 g/mol. The molecule has 1 heteroatoms. The predicted octanol–water partition coefficient (Wildman–Crippen LogP) is 14.1. The van der Waals surface area contributed by atoms with E-state index in [0.29, 0.717) is 0 Å². The maximum absolute atomic E-state index is 2.61. The van der Waals surface area contributed by atoms with Gasteiger partial charge >= 0.3 is 0 Å². The van der Waals surface area contributed by atoms with Crippen LogP contribution in [0.5, 0.6) is 0 Å². The van der Waals surface area contributed by atoms with E-state index in [1.807, 2.05) is 0 Å². The lowest BCUT2D eigenvalue weighted by atomic mass is 9.70. The van der Waals surface area contributed by atoms with Crippen molar-refractivity contribution in [3.63, 3.8) is 0 Å². The van der Waals surface area contributed by atoms with Crippen molar-refractivity contribution in [2.75, 3.05) is 4.90 Å². The molecule has 12 rings (SSSR count). The number of nitrogens with zero attached hydrogens (tertiary/aromatic N) is 1. The maximum atomic E-state index is 2.61. The minimum absolute atomic E-state index is 0.123. The first-order valence-electron chi connectivity index (χ1n) is 20.0. The summed E-state index contributed by atoms with van der Waals surface area (Å²) < 4.78 is 0. The van der Waals surface area contributed by atoms with Crippen LogP contribution in [0.25, 0.3) is 44.5 Å². The Morgan fingerprint density at radius 1 is 0.304 bits per heavy atom. The Labute approximate surface area is 329 Å². The fraction of sp³-hybridized carbons (Fsp3) is 0.127. The summed E-state index contributed by atoms with van der Waals surface area (Å²) >= 11 is 0. The molecule has 0 radical (unpaired) electrons. The largest absolute Gasteiger partial charge is 0.309 e. The summed E-state index contributed by atoms with van der Waals surface area (Å²) in [5.74, 6) is 0. The van der Waals surface area contributed by atoms with E-state index in [9.17, 15) is 0 Å². The Bertz CT molecular complexity index is 2950. The fourth-order valence-corrected chi connectivity index (χ4v) is 11.5. The first-order valence-corrected chi connectivity index (χ1v) is 20.0. The molecule has 266 valence electrons. The van der Waals surface area contributed by atoms with Gasteiger partial charge in [0.2, 0.25) is 0 Å². The third-order valence-corrected chi connectivity index (χ3v) is 13.9. The van der Waals surface area contributed by atoms with Gasteiger partial charge in [0.1, 0.15) is 0 Å². The highest BCUT2D eigenvalue weighted by molar-refractivity contribution is 6.04. The molecular weight excluding hydrogens is 675 g/mol. The van der Waals surface area contributed by atoms with Crippen LogP contribution in [0, 0.1) is 0 Å². The Kier molecular flexibility index (Phi) is 6.18. The van der Waals surface area contributed by atoms with Crippen LogP contribution in [-0.4, -0.2) is 0 Å². The van der Waals surface area contributed by atoms with Crippen LogP contribution in [0.15, 0.2) is 176 Å². The summed E-state index contributed by atoms with van der Waals surface area (Å²) in [4.78, 5) is 2.61. The minimum atomic E-state index is -0.421. The SMILES string of the molecule is CC1(C)c2ccccc2-c2ccc(N(c3cccc4c3-c3ccccc3C4(C)C)c3cccc4c3-c3ccccc3C43c4ccccc4-c4ccccc43)cc21. The van der Waals surface area contributed by atoms with Gasteiger partial charge in [-0.05, 0) is 102 Å².